The normalized spacial score (nSPS) is 15.1. The highest BCUT2D eigenvalue weighted by Gasteiger charge is 2.33. The summed E-state index contributed by atoms with van der Waals surface area (Å²) in [5.74, 6) is 0.371. The van der Waals surface area contributed by atoms with Crippen molar-refractivity contribution in [2.24, 2.45) is 0 Å². The summed E-state index contributed by atoms with van der Waals surface area (Å²) in [4.78, 5) is 25.4. The first-order valence-electron chi connectivity index (χ1n) is 8.36. The fourth-order valence-electron chi connectivity index (χ4n) is 2.68. The van der Waals surface area contributed by atoms with Crippen molar-refractivity contribution in [3.05, 3.63) is 64.6 Å². The number of ether oxygens (including phenoxy) is 2. The van der Waals surface area contributed by atoms with Crippen LogP contribution in [0.5, 0.6) is 11.5 Å². The third-order valence-corrected chi connectivity index (χ3v) is 5.26. The fourth-order valence-corrected chi connectivity index (χ4v) is 3.85. The van der Waals surface area contributed by atoms with Gasteiger partial charge in [0.2, 0.25) is 5.91 Å². The summed E-state index contributed by atoms with van der Waals surface area (Å²) in [6, 6.07) is 14.7. The van der Waals surface area contributed by atoms with Crippen LogP contribution < -0.4 is 14.9 Å². The minimum atomic E-state index is -0.388. The third kappa shape index (κ3) is 4.35. The lowest BCUT2D eigenvalue weighted by Gasteiger charge is -2.15. The summed E-state index contributed by atoms with van der Waals surface area (Å²) in [7, 11) is 3.08. The zero-order valence-corrected chi connectivity index (χ0v) is 16.9. The van der Waals surface area contributed by atoms with E-state index in [2.05, 4.69) is 5.43 Å². The Labute approximate surface area is 172 Å². The molecule has 0 atom stereocenters. The van der Waals surface area contributed by atoms with Crippen LogP contribution in [-0.2, 0) is 16.0 Å². The van der Waals surface area contributed by atoms with Gasteiger partial charge in [0.15, 0.2) is 15.8 Å². The Hall–Kier alpha value is -2.84. The van der Waals surface area contributed by atoms with Crippen LogP contribution in [0.4, 0.5) is 0 Å². The molecule has 0 saturated carbocycles. The molecule has 0 unspecified atom stereocenters. The average molecular weight is 415 g/mol. The van der Waals surface area contributed by atoms with Gasteiger partial charge >= 0.3 is 0 Å². The van der Waals surface area contributed by atoms with Crippen LogP contribution in [-0.4, -0.2) is 35.4 Å². The first-order valence-corrected chi connectivity index (χ1v) is 9.58. The number of benzene rings is 2. The number of rotatable bonds is 6. The van der Waals surface area contributed by atoms with E-state index in [1.807, 2.05) is 36.4 Å². The number of hydrogen-bond donors (Lipinski definition) is 1. The van der Waals surface area contributed by atoms with Gasteiger partial charge in [0.1, 0.15) is 0 Å². The number of carbonyl (C=O) groups is 2. The molecule has 0 bridgehead atoms. The molecule has 28 heavy (non-hydrogen) atoms. The van der Waals surface area contributed by atoms with E-state index in [4.69, 9.17) is 21.7 Å². The summed E-state index contributed by atoms with van der Waals surface area (Å²) >= 11 is 6.38. The number of para-hydroxylation sites is 1. The molecule has 6 nitrogen and oxygen atoms in total. The van der Waals surface area contributed by atoms with Crippen molar-refractivity contribution < 1.29 is 19.1 Å². The predicted octanol–water partition coefficient (Wildman–Crippen LogP) is 3.18. The molecule has 2 aromatic rings. The number of nitrogens with one attached hydrogen (secondary N) is 1. The molecule has 1 N–H and O–H groups in total. The Kier molecular flexibility index (Phi) is 6.33. The van der Waals surface area contributed by atoms with Crippen LogP contribution in [0.25, 0.3) is 6.08 Å². The summed E-state index contributed by atoms with van der Waals surface area (Å²) in [6.07, 6.45) is 1.82. The number of thiocarbonyl (C=S) groups is 1. The standard InChI is InChI=1S/C20H18N2O4S2/c1-25-15-10-6-9-14(18(15)26-2)12-16-19(24)22(20(27)28-16)21-17(23)11-13-7-4-3-5-8-13/h3-10,12H,11H2,1-2H3,(H,21,23). The largest absolute Gasteiger partial charge is 0.493 e. The van der Waals surface area contributed by atoms with Crippen LogP contribution in [0.15, 0.2) is 53.4 Å². The van der Waals surface area contributed by atoms with Gasteiger partial charge in [0.25, 0.3) is 5.91 Å². The first-order chi connectivity index (χ1) is 13.5. The lowest BCUT2D eigenvalue weighted by Crippen LogP contribution is -2.45. The number of methoxy groups -OCH3 is 2. The molecule has 0 aliphatic carbocycles. The molecule has 2 aromatic carbocycles. The second-order valence-electron chi connectivity index (χ2n) is 5.80. The maximum Gasteiger partial charge on any atom is 0.285 e. The van der Waals surface area contributed by atoms with Crippen LogP contribution in [0.1, 0.15) is 11.1 Å². The Morgan fingerprint density at radius 3 is 2.57 bits per heavy atom. The van der Waals surface area contributed by atoms with Crippen molar-refractivity contribution in [2.45, 2.75) is 6.42 Å². The predicted molar refractivity (Wildman–Crippen MR) is 113 cm³/mol. The van der Waals surface area contributed by atoms with Gasteiger partial charge in [-0.25, -0.2) is 0 Å². The van der Waals surface area contributed by atoms with E-state index in [-0.39, 0.29) is 22.6 Å². The number of nitrogens with zero attached hydrogens (tertiary/aromatic N) is 1. The zero-order valence-electron chi connectivity index (χ0n) is 15.3. The Balaban J connectivity index is 1.77. The SMILES string of the molecule is COc1cccc(C=C2SC(=S)N(NC(=O)Cc3ccccc3)C2=O)c1OC. The minimum Gasteiger partial charge on any atom is -0.493 e. The summed E-state index contributed by atoms with van der Waals surface area (Å²) in [5, 5.41) is 1.10. The molecule has 1 fully saturated rings. The Morgan fingerprint density at radius 1 is 1.14 bits per heavy atom. The van der Waals surface area contributed by atoms with Gasteiger partial charge in [-0.15, -0.1) is 0 Å². The number of amides is 2. The number of carbonyl (C=O) groups excluding carboxylic acids is 2. The minimum absolute atomic E-state index is 0.153. The molecule has 3 rings (SSSR count). The van der Waals surface area contributed by atoms with Crippen molar-refractivity contribution in [2.75, 3.05) is 14.2 Å². The van der Waals surface area contributed by atoms with E-state index in [0.29, 0.717) is 22.0 Å². The first kappa shape index (κ1) is 19.9. The summed E-state index contributed by atoms with van der Waals surface area (Å²) in [6.45, 7) is 0. The Morgan fingerprint density at radius 2 is 1.89 bits per heavy atom. The van der Waals surface area contributed by atoms with Crippen LogP contribution in [0, 0.1) is 0 Å². The van der Waals surface area contributed by atoms with Crippen LogP contribution in [0.2, 0.25) is 0 Å². The quantitative estimate of drug-likeness (QED) is 0.579. The van der Waals surface area contributed by atoms with Gasteiger partial charge in [-0.2, -0.15) is 5.01 Å². The second-order valence-corrected chi connectivity index (χ2v) is 7.47. The number of hydrazine groups is 1. The maximum absolute atomic E-state index is 12.7. The molecule has 1 aliphatic rings. The van der Waals surface area contributed by atoms with E-state index in [1.54, 1.807) is 25.3 Å². The van der Waals surface area contributed by atoms with Crippen molar-refractivity contribution in [3.63, 3.8) is 0 Å². The molecule has 0 radical (unpaired) electrons. The lowest BCUT2D eigenvalue weighted by atomic mass is 10.1. The van der Waals surface area contributed by atoms with E-state index in [9.17, 15) is 9.59 Å². The molecule has 0 spiro atoms. The number of thioether (sulfide) groups is 1. The molecule has 0 aromatic heterocycles. The summed E-state index contributed by atoms with van der Waals surface area (Å²) in [5.41, 5.74) is 4.11. The molecule has 144 valence electrons. The monoisotopic (exact) mass is 414 g/mol. The van der Waals surface area contributed by atoms with Gasteiger partial charge in [-0.3, -0.25) is 15.0 Å². The maximum atomic E-state index is 12.7. The van der Waals surface area contributed by atoms with Crippen molar-refractivity contribution >= 4 is 46.2 Å². The van der Waals surface area contributed by atoms with E-state index in [0.717, 1.165) is 22.3 Å². The van der Waals surface area contributed by atoms with Gasteiger partial charge in [0, 0.05) is 5.56 Å². The van der Waals surface area contributed by atoms with E-state index in [1.165, 1.54) is 7.11 Å². The molecule has 1 saturated heterocycles. The average Bonchev–Trinajstić information content (AvgIpc) is 2.95. The van der Waals surface area contributed by atoms with E-state index < -0.39 is 0 Å². The van der Waals surface area contributed by atoms with Gasteiger partial charge in [-0.1, -0.05) is 54.2 Å². The highest BCUT2D eigenvalue weighted by atomic mass is 32.2. The highest BCUT2D eigenvalue weighted by Crippen LogP contribution is 2.36. The molecule has 8 heteroatoms. The van der Waals surface area contributed by atoms with Crippen LogP contribution >= 0.6 is 24.0 Å². The zero-order chi connectivity index (χ0) is 20.1. The number of hydrogen-bond acceptors (Lipinski definition) is 6. The molecule has 1 heterocycles. The summed E-state index contributed by atoms with van der Waals surface area (Å²) < 4.78 is 10.9. The van der Waals surface area contributed by atoms with Crippen molar-refractivity contribution in [3.8, 4) is 11.5 Å². The van der Waals surface area contributed by atoms with Crippen molar-refractivity contribution in [1.82, 2.24) is 10.4 Å². The van der Waals surface area contributed by atoms with E-state index >= 15 is 0 Å². The van der Waals surface area contributed by atoms with Crippen LogP contribution in [0.3, 0.4) is 0 Å². The smallest absolute Gasteiger partial charge is 0.285 e. The topological polar surface area (TPSA) is 67.9 Å². The van der Waals surface area contributed by atoms with Gasteiger partial charge in [0.05, 0.1) is 25.5 Å². The lowest BCUT2D eigenvalue weighted by molar-refractivity contribution is -0.132. The van der Waals surface area contributed by atoms with Gasteiger partial charge in [-0.05, 0) is 29.9 Å². The third-order valence-electron chi connectivity index (χ3n) is 3.96. The second kappa shape index (κ2) is 8.90. The molecular weight excluding hydrogens is 396 g/mol. The van der Waals surface area contributed by atoms with Crippen molar-refractivity contribution in [1.29, 1.82) is 0 Å². The highest BCUT2D eigenvalue weighted by molar-refractivity contribution is 8.26. The fraction of sp³-hybridized carbons (Fsp3) is 0.150. The molecule has 1 aliphatic heterocycles. The Bertz CT molecular complexity index is 944. The van der Waals surface area contributed by atoms with Gasteiger partial charge < -0.3 is 9.47 Å². The molecule has 2 amide bonds. The molecular formula is C20H18N2O4S2.